The highest BCUT2D eigenvalue weighted by atomic mass is 32.1. The standard InChI is InChI=1S/C14H11N3O4S2/c18-11(15-5-12-17-9(7-23-12)14(19)20)4-8-6-21-13(16-8)10-2-1-3-22-10/h1-3,6-7H,4-5H2,(H,15,18)(H,19,20). The molecule has 1 amide bonds. The minimum absolute atomic E-state index is 0.0173. The average Bonchev–Trinajstić information content (AvgIpc) is 3.25. The first kappa shape index (κ1) is 15.4. The zero-order valence-electron chi connectivity index (χ0n) is 11.7. The predicted octanol–water partition coefficient (Wildman–Crippen LogP) is 2.42. The molecule has 3 rings (SSSR count). The number of thiazole rings is 1. The molecule has 2 N–H and O–H groups in total. The molecule has 0 bridgehead atoms. The summed E-state index contributed by atoms with van der Waals surface area (Å²) >= 11 is 2.70. The molecule has 0 atom stereocenters. The Bertz CT molecular complexity index is 823. The van der Waals surface area contributed by atoms with E-state index in [0.29, 0.717) is 16.6 Å². The van der Waals surface area contributed by atoms with Crippen LogP contribution in [0.5, 0.6) is 0 Å². The highest BCUT2D eigenvalue weighted by molar-refractivity contribution is 7.13. The van der Waals surface area contributed by atoms with Crippen molar-refractivity contribution in [3.05, 3.63) is 45.6 Å². The van der Waals surface area contributed by atoms with Crippen LogP contribution in [0, 0.1) is 0 Å². The number of hydrogen-bond donors (Lipinski definition) is 2. The molecule has 0 aliphatic heterocycles. The molecular formula is C14H11N3O4S2. The molecule has 3 aromatic rings. The number of rotatable bonds is 6. The first-order valence-corrected chi connectivity index (χ1v) is 8.30. The van der Waals surface area contributed by atoms with Crippen molar-refractivity contribution in [2.75, 3.05) is 0 Å². The number of nitrogens with zero attached hydrogens (tertiary/aromatic N) is 2. The van der Waals surface area contributed by atoms with Gasteiger partial charge in [0.1, 0.15) is 11.3 Å². The summed E-state index contributed by atoms with van der Waals surface area (Å²) in [6.45, 7) is 0.187. The maximum absolute atomic E-state index is 11.9. The van der Waals surface area contributed by atoms with Crippen molar-refractivity contribution in [3.63, 3.8) is 0 Å². The topological polar surface area (TPSA) is 105 Å². The van der Waals surface area contributed by atoms with E-state index < -0.39 is 5.97 Å². The van der Waals surface area contributed by atoms with Crippen LogP contribution in [-0.2, 0) is 17.8 Å². The molecule has 0 fully saturated rings. The number of hydrogen-bond acceptors (Lipinski definition) is 7. The second kappa shape index (κ2) is 6.71. The molecule has 7 nitrogen and oxygen atoms in total. The van der Waals surface area contributed by atoms with Crippen molar-refractivity contribution in [2.24, 2.45) is 0 Å². The van der Waals surface area contributed by atoms with E-state index in [9.17, 15) is 9.59 Å². The number of oxazole rings is 1. The fourth-order valence-corrected chi connectivity index (χ4v) is 3.16. The van der Waals surface area contributed by atoms with E-state index in [4.69, 9.17) is 9.52 Å². The Labute approximate surface area is 138 Å². The van der Waals surface area contributed by atoms with Gasteiger partial charge in [0.25, 0.3) is 0 Å². The van der Waals surface area contributed by atoms with Gasteiger partial charge in [-0.2, -0.15) is 0 Å². The molecule has 3 aromatic heterocycles. The fourth-order valence-electron chi connectivity index (χ4n) is 1.79. The number of carbonyl (C=O) groups excluding carboxylic acids is 1. The molecule has 0 aliphatic carbocycles. The van der Waals surface area contributed by atoms with Crippen LogP contribution in [0.1, 0.15) is 21.2 Å². The Balaban J connectivity index is 1.54. The Morgan fingerprint density at radius 2 is 2.17 bits per heavy atom. The lowest BCUT2D eigenvalue weighted by Gasteiger charge is -2.00. The monoisotopic (exact) mass is 349 g/mol. The maximum atomic E-state index is 11.9. The Hall–Kier alpha value is -2.52. The first-order valence-electron chi connectivity index (χ1n) is 6.54. The van der Waals surface area contributed by atoms with Crippen LogP contribution in [0.25, 0.3) is 10.8 Å². The van der Waals surface area contributed by atoms with Gasteiger partial charge in [0.2, 0.25) is 11.8 Å². The highest BCUT2D eigenvalue weighted by Gasteiger charge is 2.12. The summed E-state index contributed by atoms with van der Waals surface area (Å²) in [5.41, 5.74) is 0.521. The van der Waals surface area contributed by atoms with Gasteiger partial charge in [-0.15, -0.1) is 22.7 Å². The van der Waals surface area contributed by atoms with Crippen molar-refractivity contribution >= 4 is 34.6 Å². The summed E-state index contributed by atoms with van der Waals surface area (Å²) < 4.78 is 5.35. The lowest BCUT2D eigenvalue weighted by molar-refractivity contribution is -0.120. The Morgan fingerprint density at radius 1 is 1.30 bits per heavy atom. The first-order chi connectivity index (χ1) is 11.1. The molecule has 3 heterocycles. The summed E-state index contributed by atoms with van der Waals surface area (Å²) in [6.07, 6.45) is 1.55. The number of carboxylic acid groups (broad SMARTS) is 1. The number of nitrogens with one attached hydrogen (secondary N) is 1. The molecule has 0 radical (unpaired) electrons. The van der Waals surface area contributed by atoms with Crippen LogP contribution in [0.15, 0.2) is 33.6 Å². The Morgan fingerprint density at radius 3 is 2.87 bits per heavy atom. The van der Waals surface area contributed by atoms with E-state index in [1.807, 2.05) is 17.5 Å². The summed E-state index contributed by atoms with van der Waals surface area (Å²) in [5, 5.41) is 15.4. The Kier molecular flexibility index (Phi) is 4.49. The molecule has 118 valence electrons. The van der Waals surface area contributed by atoms with Gasteiger partial charge in [-0.05, 0) is 11.4 Å². The second-order valence-electron chi connectivity index (χ2n) is 4.51. The molecule has 23 heavy (non-hydrogen) atoms. The number of carbonyl (C=O) groups is 2. The van der Waals surface area contributed by atoms with Gasteiger partial charge < -0.3 is 14.8 Å². The summed E-state index contributed by atoms with van der Waals surface area (Å²) in [7, 11) is 0. The van der Waals surface area contributed by atoms with Crippen molar-refractivity contribution in [1.82, 2.24) is 15.3 Å². The van der Waals surface area contributed by atoms with Gasteiger partial charge in [0.05, 0.1) is 23.5 Å². The number of amides is 1. The smallest absolute Gasteiger partial charge is 0.355 e. The van der Waals surface area contributed by atoms with Crippen LogP contribution in [-0.4, -0.2) is 27.0 Å². The molecule has 9 heteroatoms. The quantitative estimate of drug-likeness (QED) is 0.708. The summed E-state index contributed by atoms with van der Waals surface area (Å²) in [6, 6.07) is 3.79. The van der Waals surface area contributed by atoms with E-state index in [2.05, 4.69) is 15.3 Å². The summed E-state index contributed by atoms with van der Waals surface area (Å²) in [4.78, 5) is 31.7. The van der Waals surface area contributed by atoms with Gasteiger partial charge in [-0.1, -0.05) is 6.07 Å². The molecule has 0 aliphatic rings. The van der Waals surface area contributed by atoms with E-state index >= 15 is 0 Å². The number of aromatic nitrogens is 2. The lowest BCUT2D eigenvalue weighted by atomic mass is 10.3. The molecule has 0 saturated carbocycles. The van der Waals surface area contributed by atoms with Crippen LogP contribution in [0.3, 0.4) is 0 Å². The van der Waals surface area contributed by atoms with Gasteiger partial charge in [-0.25, -0.2) is 14.8 Å². The molecule has 0 spiro atoms. The van der Waals surface area contributed by atoms with Gasteiger partial charge in [0.15, 0.2) is 5.69 Å². The minimum atomic E-state index is -1.08. The van der Waals surface area contributed by atoms with Crippen LogP contribution < -0.4 is 5.32 Å². The van der Waals surface area contributed by atoms with Gasteiger partial charge in [0, 0.05) is 5.38 Å². The van der Waals surface area contributed by atoms with E-state index in [-0.39, 0.29) is 24.6 Å². The number of thiophene rings is 1. The van der Waals surface area contributed by atoms with E-state index in [0.717, 1.165) is 4.88 Å². The second-order valence-corrected chi connectivity index (χ2v) is 6.40. The zero-order chi connectivity index (χ0) is 16.2. The lowest BCUT2D eigenvalue weighted by Crippen LogP contribution is -2.24. The molecule has 0 aromatic carbocycles. The number of carboxylic acids is 1. The third-order valence-electron chi connectivity index (χ3n) is 2.83. The predicted molar refractivity (Wildman–Crippen MR) is 84.4 cm³/mol. The zero-order valence-corrected chi connectivity index (χ0v) is 13.3. The van der Waals surface area contributed by atoms with Crippen LogP contribution in [0.4, 0.5) is 0 Å². The van der Waals surface area contributed by atoms with Crippen LogP contribution >= 0.6 is 22.7 Å². The maximum Gasteiger partial charge on any atom is 0.355 e. The van der Waals surface area contributed by atoms with E-state index in [1.54, 1.807) is 0 Å². The average molecular weight is 349 g/mol. The fraction of sp³-hybridized carbons (Fsp3) is 0.143. The van der Waals surface area contributed by atoms with Gasteiger partial charge in [-0.3, -0.25) is 4.79 Å². The SMILES string of the molecule is O=C(Cc1coc(-c2cccs2)n1)NCc1nc(C(=O)O)cs1. The minimum Gasteiger partial charge on any atom is -0.476 e. The molecule has 0 saturated heterocycles. The van der Waals surface area contributed by atoms with Crippen molar-refractivity contribution < 1.29 is 19.1 Å². The molecular weight excluding hydrogens is 338 g/mol. The third-order valence-corrected chi connectivity index (χ3v) is 4.54. The van der Waals surface area contributed by atoms with Gasteiger partial charge >= 0.3 is 5.97 Å². The third kappa shape index (κ3) is 3.82. The summed E-state index contributed by atoms with van der Waals surface area (Å²) in [5.74, 6) is -0.820. The van der Waals surface area contributed by atoms with Crippen molar-refractivity contribution in [1.29, 1.82) is 0 Å². The van der Waals surface area contributed by atoms with E-state index in [1.165, 1.54) is 34.3 Å². The van der Waals surface area contributed by atoms with Crippen molar-refractivity contribution in [3.8, 4) is 10.8 Å². The largest absolute Gasteiger partial charge is 0.476 e. The molecule has 0 unspecified atom stereocenters. The highest BCUT2D eigenvalue weighted by Crippen LogP contribution is 2.23. The van der Waals surface area contributed by atoms with Crippen LogP contribution in [0.2, 0.25) is 0 Å². The normalized spacial score (nSPS) is 10.6. The number of aromatic carboxylic acids is 1. The van der Waals surface area contributed by atoms with Crippen molar-refractivity contribution in [2.45, 2.75) is 13.0 Å².